The Labute approximate surface area is 175 Å². The van der Waals surface area contributed by atoms with Crippen molar-refractivity contribution >= 4 is 29.1 Å². The number of halogens is 1. The van der Waals surface area contributed by atoms with Gasteiger partial charge in [-0.05, 0) is 31.5 Å². The second kappa shape index (κ2) is 8.71. The molecule has 0 bridgehead atoms. The highest BCUT2D eigenvalue weighted by molar-refractivity contribution is 6.05. The Bertz CT molecular complexity index is 1070. The summed E-state index contributed by atoms with van der Waals surface area (Å²) in [5.41, 5.74) is 1.12. The molecule has 0 saturated carbocycles. The van der Waals surface area contributed by atoms with Crippen molar-refractivity contribution in [1.82, 2.24) is 25.0 Å². The molecule has 0 radical (unpaired) electrons. The van der Waals surface area contributed by atoms with Crippen molar-refractivity contribution in [2.45, 2.75) is 25.9 Å². The zero-order valence-corrected chi connectivity index (χ0v) is 17.2. The van der Waals surface area contributed by atoms with Gasteiger partial charge in [-0.3, -0.25) is 14.6 Å². The molecule has 1 saturated heterocycles. The molecule has 1 aliphatic heterocycles. The quantitative estimate of drug-likeness (QED) is 0.713. The summed E-state index contributed by atoms with van der Waals surface area (Å²) in [5, 5.41) is 8.94. The number of nitrogens with zero attached hydrogens (tertiary/aromatic N) is 4. The summed E-state index contributed by atoms with van der Waals surface area (Å²) in [7, 11) is 0. The van der Waals surface area contributed by atoms with Crippen LogP contribution < -0.4 is 10.9 Å². The first-order valence-electron chi connectivity index (χ1n) is 9.51. The zero-order valence-electron chi connectivity index (χ0n) is 16.4. The van der Waals surface area contributed by atoms with Crippen LogP contribution >= 0.6 is 12.4 Å². The maximum absolute atomic E-state index is 13.6. The third-order valence-electron chi connectivity index (χ3n) is 5.09. The van der Waals surface area contributed by atoms with Crippen LogP contribution in [-0.2, 0) is 0 Å². The molecule has 4 rings (SSSR count). The van der Waals surface area contributed by atoms with Gasteiger partial charge in [-0.1, -0.05) is 24.3 Å². The molecule has 1 N–H and O–H groups in total. The lowest BCUT2D eigenvalue weighted by Crippen LogP contribution is -2.49. The van der Waals surface area contributed by atoms with E-state index in [1.807, 2.05) is 43.0 Å². The summed E-state index contributed by atoms with van der Waals surface area (Å²) in [6, 6.07) is 10.8. The fourth-order valence-electron chi connectivity index (χ4n) is 3.67. The summed E-state index contributed by atoms with van der Waals surface area (Å²) in [6.45, 7) is 5.71. The monoisotopic (exact) mass is 413 g/mol. The standard InChI is InChI=1S/C21H23N5O2.ClH/c1-14(2)26-20(27)17-8-4-3-7-16(17)19(24-26)21(28)25-11-10-23-13-18(25)15-6-5-9-22-12-15;/h3-9,12,14,18,23H,10-11,13H2,1-2H3;1H. The van der Waals surface area contributed by atoms with Crippen LogP contribution in [0.4, 0.5) is 0 Å². The lowest BCUT2D eigenvalue weighted by Gasteiger charge is -2.36. The first-order valence-corrected chi connectivity index (χ1v) is 9.51. The molecule has 8 heteroatoms. The molecule has 1 fully saturated rings. The van der Waals surface area contributed by atoms with Crippen molar-refractivity contribution in [3.05, 3.63) is 70.4 Å². The van der Waals surface area contributed by atoms with Crippen LogP contribution in [-0.4, -0.2) is 45.2 Å². The SMILES string of the molecule is CC(C)n1nc(C(=O)N2CCNCC2c2cccnc2)c2ccccc2c1=O.Cl. The number of fused-ring (bicyclic) bond motifs is 1. The summed E-state index contributed by atoms with van der Waals surface area (Å²) in [4.78, 5) is 32.4. The summed E-state index contributed by atoms with van der Waals surface area (Å²) in [5.74, 6) is -0.166. The van der Waals surface area contributed by atoms with Crippen LogP contribution in [0.3, 0.4) is 0 Å². The maximum Gasteiger partial charge on any atom is 0.275 e. The van der Waals surface area contributed by atoms with E-state index in [9.17, 15) is 9.59 Å². The first kappa shape index (κ1) is 21.0. The second-order valence-electron chi connectivity index (χ2n) is 7.24. The Morgan fingerprint density at radius 2 is 1.93 bits per heavy atom. The molecule has 1 aliphatic rings. The molecular formula is C21H24ClN5O2. The third kappa shape index (κ3) is 3.88. The van der Waals surface area contributed by atoms with Gasteiger partial charge in [0.2, 0.25) is 0 Å². The van der Waals surface area contributed by atoms with Crippen molar-refractivity contribution in [3.8, 4) is 0 Å². The number of carbonyl (C=O) groups is 1. The lowest BCUT2D eigenvalue weighted by atomic mass is 10.0. The molecule has 7 nitrogen and oxygen atoms in total. The number of aromatic nitrogens is 3. The second-order valence-corrected chi connectivity index (χ2v) is 7.24. The van der Waals surface area contributed by atoms with Gasteiger partial charge in [0, 0.05) is 37.4 Å². The molecule has 1 aromatic carbocycles. The van der Waals surface area contributed by atoms with E-state index in [0.29, 0.717) is 36.1 Å². The Hall–Kier alpha value is -2.77. The number of benzene rings is 1. The number of hydrogen-bond donors (Lipinski definition) is 1. The average molecular weight is 414 g/mol. The lowest BCUT2D eigenvalue weighted by molar-refractivity contribution is 0.0627. The fourth-order valence-corrected chi connectivity index (χ4v) is 3.67. The van der Waals surface area contributed by atoms with E-state index >= 15 is 0 Å². The molecule has 29 heavy (non-hydrogen) atoms. The summed E-state index contributed by atoms with van der Waals surface area (Å²) in [6.07, 6.45) is 3.51. The maximum atomic E-state index is 13.6. The van der Waals surface area contributed by atoms with E-state index < -0.39 is 0 Å². The first-order chi connectivity index (χ1) is 13.6. The van der Waals surface area contributed by atoms with E-state index in [0.717, 1.165) is 5.56 Å². The number of piperazine rings is 1. The molecule has 0 spiro atoms. The van der Waals surface area contributed by atoms with E-state index in [4.69, 9.17) is 0 Å². The molecule has 0 aliphatic carbocycles. The van der Waals surface area contributed by atoms with E-state index in [1.54, 1.807) is 24.5 Å². The van der Waals surface area contributed by atoms with Gasteiger partial charge >= 0.3 is 0 Å². The van der Waals surface area contributed by atoms with Crippen LogP contribution in [0.1, 0.15) is 42.0 Å². The molecule has 1 unspecified atom stereocenters. The Kier molecular flexibility index (Phi) is 6.30. The molecule has 3 aromatic rings. The minimum Gasteiger partial charge on any atom is -0.328 e. The van der Waals surface area contributed by atoms with Gasteiger partial charge in [-0.25, -0.2) is 4.68 Å². The smallest absolute Gasteiger partial charge is 0.275 e. The van der Waals surface area contributed by atoms with Crippen molar-refractivity contribution in [2.75, 3.05) is 19.6 Å². The highest BCUT2D eigenvalue weighted by Gasteiger charge is 2.31. The molecule has 3 heterocycles. The van der Waals surface area contributed by atoms with Crippen molar-refractivity contribution in [1.29, 1.82) is 0 Å². The number of pyridine rings is 1. The van der Waals surface area contributed by atoms with Crippen LogP contribution in [0, 0.1) is 0 Å². The van der Waals surface area contributed by atoms with Crippen molar-refractivity contribution in [2.24, 2.45) is 0 Å². The topological polar surface area (TPSA) is 80.1 Å². The Balaban J connectivity index is 0.00000240. The third-order valence-corrected chi connectivity index (χ3v) is 5.09. The zero-order chi connectivity index (χ0) is 19.7. The van der Waals surface area contributed by atoms with Gasteiger partial charge in [-0.2, -0.15) is 5.10 Å². The normalized spacial score (nSPS) is 16.7. The number of nitrogens with one attached hydrogen (secondary N) is 1. The van der Waals surface area contributed by atoms with Gasteiger partial charge < -0.3 is 10.2 Å². The van der Waals surface area contributed by atoms with E-state index in [2.05, 4.69) is 15.4 Å². The number of amides is 1. The number of hydrogen-bond acceptors (Lipinski definition) is 5. The number of carbonyl (C=O) groups excluding carboxylic acids is 1. The van der Waals surface area contributed by atoms with Gasteiger partial charge in [0.1, 0.15) is 0 Å². The fraction of sp³-hybridized carbons (Fsp3) is 0.333. The predicted molar refractivity (Wildman–Crippen MR) is 115 cm³/mol. The minimum absolute atomic E-state index is 0. The summed E-state index contributed by atoms with van der Waals surface area (Å²) < 4.78 is 1.40. The predicted octanol–water partition coefficient (Wildman–Crippen LogP) is 2.58. The molecular weight excluding hydrogens is 390 g/mol. The van der Waals surface area contributed by atoms with Gasteiger partial charge in [0.25, 0.3) is 11.5 Å². The largest absolute Gasteiger partial charge is 0.328 e. The minimum atomic E-state index is -0.175. The van der Waals surface area contributed by atoms with Crippen LogP contribution in [0.25, 0.3) is 10.8 Å². The molecule has 2 aromatic heterocycles. The molecule has 152 valence electrons. The van der Waals surface area contributed by atoms with Crippen molar-refractivity contribution < 1.29 is 4.79 Å². The van der Waals surface area contributed by atoms with Crippen LogP contribution in [0.2, 0.25) is 0 Å². The molecule has 1 amide bonds. The highest BCUT2D eigenvalue weighted by Crippen LogP contribution is 2.25. The van der Waals surface area contributed by atoms with Gasteiger partial charge in [0.15, 0.2) is 5.69 Å². The average Bonchev–Trinajstić information content (AvgIpc) is 2.74. The van der Waals surface area contributed by atoms with E-state index in [-0.39, 0.29) is 36.0 Å². The Morgan fingerprint density at radius 3 is 2.62 bits per heavy atom. The van der Waals surface area contributed by atoms with Gasteiger partial charge in [-0.15, -0.1) is 12.4 Å². The number of rotatable bonds is 3. The Morgan fingerprint density at radius 1 is 1.17 bits per heavy atom. The van der Waals surface area contributed by atoms with Crippen molar-refractivity contribution in [3.63, 3.8) is 0 Å². The molecule has 1 atom stereocenters. The van der Waals surface area contributed by atoms with Crippen LogP contribution in [0.5, 0.6) is 0 Å². The van der Waals surface area contributed by atoms with Gasteiger partial charge in [0.05, 0.1) is 17.5 Å². The van der Waals surface area contributed by atoms with E-state index in [1.165, 1.54) is 4.68 Å². The van der Waals surface area contributed by atoms with Crippen LogP contribution in [0.15, 0.2) is 53.6 Å². The highest BCUT2D eigenvalue weighted by atomic mass is 35.5. The summed E-state index contributed by atoms with van der Waals surface area (Å²) >= 11 is 0.